The van der Waals surface area contributed by atoms with E-state index in [1.54, 1.807) is 12.1 Å². The molecule has 0 aliphatic heterocycles. The SMILES string of the molecule is NCCCc1ccc(-c2c(Cl)cc(Cl)cc2Cl)o1. The van der Waals surface area contributed by atoms with Gasteiger partial charge in [-0.3, -0.25) is 0 Å². The molecule has 1 heterocycles. The smallest absolute Gasteiger partial charge is 0.137 e. The minimum absolute atomic E-state index is 0.479. The molecule has 1 aromatic carbocycles. The molecule has 0 bridgehead atoms. The Balaban J connectivity index is 2.34. The van der Waals surface area contributed by atoms with Crippen LogP contribution in [-0.4, -0.2) is 6.54 Å². The van der Waals surface area contributed by atoms with Crippen molar-refractivity contribution in [3.8, 4) is 11.3 Å². The molecular formula is C13H12Cl3NO. The summed E-state index contributed by atoms with van der Waals surface area (Å²) in [5, 5.41) is 1.46. The standard InChI is InChI=1S/C13H12Cl3NO/c14-8-6-10(15)13(11(16)7-8)12-4-3-9(18-12)2-1-5-17/h3-4,6-7H,1-2,5,17H2. The average Bonchev–Trinajstić information content (AvgIpc) is 2.73. The molecule has 2 nitrogen and oxygen atoms in total. The highest BCUT2D eigenvalue weighted by Gasteiger charge is 2.13. The van der Waals surface area contributed by atoms with Gasteiger partial charge in [-0.05, 0) is 37.2 Å². The summed E-state index contributed by atoms with van der Waals surface area (Å²) in [5.41, 5.74) is 6.13. The topological polar surface area (TPSA) is 39.2 Å². The highest BCUT2D eigenvalue weighted by molar-refractivity contribution is 6.41. The highest BCUT2D eigenvalue weighted by Crippen LogP contribution is 2.38. The zero-order chi connectivity index (χ0) is 13.1. The van der Waals surface area contributed by atoms with Crippen LogP contribution in [0.3, 0.4) is 0 Å². The first-order valence-electron chi connectivity index (χ1n) is 5.55. The third-order valence-corrected chi connectivity index (χ3v) is 3.36. The van der Waals surface area contributed by atoms with Gasteiger partial charge in [-0.1, -0.05) is 34.8 Å². The minimum atomic E-state index is 0.479. The molecule has 1 aromatic heterocycles. The molecule has 2 rings (SSSR count). The Morgan fingerprint density at radius 1 is 1.06 bits per heavy atom. The van der Waals surface area contributed by atoms with Crippen molar-refractivity contribution in [1.82, 2.24) is 0 Å². The first kappa shape index (κ1) is 13.8. The number of nitrogens with two attached hydrogens (primary N) is 1. The predicted molar refractivity (Wildman–Crippen MR) is 76.5 cm³/mol. The summed E-state index contributed by atoms with van der Waals surface area (Å²) >= 11 is 18.1. The van der Waals surface area contributed by atoms with Gasteiger partial charge in [0.1, 0.15) is 11.5 Å². The van der Waals surface area contributed by atoms with Crippen molar-refractivity contribution < 1.29 is 4.42 Å². The fourth-order valence-corrected chi connectivity index (χ4v) is 2.70. The minimum Gasteiger partial charge on any atom is -0.461 e. The van der Waals surface area contributed by atoms with Crippen LogP contribution in [-0.2, 0) is 6.42 Å². The summed E-state index contributed by atoms with van der Waals surface area (Å²) in [6.45, 7) is 0.637. The van der Waals surface area contributed by atoms with Crippen molar-refractivity contribution in [3.63, 3.8) is 0 Å². The quantitative estimate of drug-likeness (QED) is 0.881. The molecule has 0 saturated carbocycles. The Kier molecular flexibility index (Phi) is 4.57. The van der Waals surface area contributed by atoms with Crippen LogP contribution in [0.25, 0.3) is 11.3 Å². The van der Waals surface area contributed by atoms with E-state index in [0.29, 0.717) is 32.9 Å². The fourth-order valence-electron chi connectivity index (χ4n) is 1.70. The van der Waals surface area contributed by atoms with Gasteiger partial charge in [-0.15, -0.1) is 0 Å². The summed E-state index contributed by atoms with van der Waals surface area (Å²) in [5.74, 6) is 1.52. The summed E-state index contributed by atoms with van der Waals surface area (Å²) in [7, 11) is 0. The first-order valence-corrected chi connectivity index (χ1v) is 6.69. The van der Waals surface area contributed by atoms with Crippen molar-refractivity contribution in [1.29, 1.82) is 0 Å². The maximum Gasteiger partial charge on any atom is 0.137 e. The number of rotatable bonds is 4. The lowest BCUT2D eigenvalue weighted by Crippen LogP contribution is -1.99. The van der Waals surface area contributed by atoms with Crippen LogP contribution in [0.5, 0.6) is 0 Å². The summed E-state index contributed by atoms with van der Waals surface area (Å²) < 4.78 is 5.71. The van der Waals surface area contributed by atoms with E-state index in [-0.39, 0.29) is 0 Å². The van der Waals surface area contributed by atoms with Gasteiger partial charge in [0.25, 0.3) is 0 Å². The second-order valence-corrected chi connectivity index (χ2v) is 5.15. The monoisotopic (exact) mass is 303 g/mol. The number of halogens is 3. The molecule has 0 aliphatic carbocycles. The maximum atomic E-state index is 6.13. The molecule has 18 heavy (non-hydrogen) atoms. The largest absolute Gasteiger partial charge is 0.461 e. The van der Waals surface area contributed by atoms with Crippen molar-refractivity contribution in [2.24, 2.45) is 5.73 Å². The maximum absolute atomic E-state index is 6.13. The van der Waals surface area contributed by atoms with Crippen LogP contribution in [0, 0.1) is 0 Å². The summed E-state index contributed by atoms with van der Waals surface area (Å²) in [6, 6.07) is 7.05. The van der Waals surface area contributed by atoms with Gasteiger partial charge in [0.15, 0.2) is 0 Å². The average molecular weight is 305 g/mol. The molecule has 0 fully saturated rings. The van der Waals surface area contributed by atoms with E-state index in [2.05, 4.69) is 0 Å². The normalized spacial score (nSPS) is 10.9. The van der Waals surface area contributed by atoms with E-state index in [9.17, 15) is 0 Å². The van der Waals surface area contributed by atoms with Crippen LogP contribution in [0.2, 0.25) is 15.1 Å². The second kappa shape index (κ2) is 5.98. The van der Waals surface area contributed by atoms with E-state index in [0.717, 1.165) is 18.6 Å². The number of aryl methyl sites for hydroxylation is 1. The molecular weight excluding hydrogens is 293 g/mol. The molecule has 2 aromatic rings. The number of hydrogen-bond acceptors (Lipinski definition) is 2. The van der Waals surface area contributed by atoms with Crippen LogP contribution in [0.15, 0.2) is 28.7 Å². The Bertz CT molecular complexity index is 528. The van der Waals surface area contributed by atoms with E-state index < -0.39 is 0 Å². The van der Waals surface area contributed by atoms with Crippen LogP contribution in [0.4, 0.5) is 0 Å². The zero-order valence-electron chi connectivity index (χ0n) is 9.55. The molecule has 0 aliphatic rings. The lowest BCUT2D eigenvalue weighted by molar-refractivity contribution is 0.515. The van der Waals surface area contributed by atoms with Crippen LogP contribution < -0.4 is 5.73 Å². The molecule has 0 unspecified atom stereocenters. The molecule has 0 atom stereocenters. The van der Waals surface area contributed by atoms with Gasteiger partial charge >= 0.3 is 0 Å². The van der Waals surface area contributed by atoms with Gasteiger partial charge in [-0.25, -0.2) is 0 Å². The van der Waals surface area contributed by atoms with Crippen molar-refractivity contribution >= 4 is 34.8 Å². The van der Waals surface area contributed by atoms with E-state index in [4.69, 9.17) is 45.0 Å². The first-order chi connectivity index (χ1) is 8.61. The number of furan rings is 1. The Morgan fingerprint density at radius 2 is 1.72 bits per heavy atom. The van der Waals surface area contributed by atoms with E-state index >= 15 is 0 Å². The van der Waals surface area contributed by atoms with E-state index in [1.807, 2.05) is 12.1 Å². The summed E-state index contributed by atoms with van der Waals surface area (Å²) in [4.78, 5) is 0. The molecule has 2 N–H and O–H groups in total. The van der Waals surface area contributed by atoms with Gasteiger partial charge in [0.05, 0.1) is 15.6 Å². The van der Waals surface area contributed by atoms with Crippen molar-refractivity contribution in [2.45, 2.75) is 12.8 Å². The molecule has 96 valence electrons. The molecule has 5 heteroatoms. The van der Waals surface area contributed by atoms with Crippen molar-refractivity contribution in [2.75, 3.05) is 6.54 Å². The lowest BCUT2D eigenvalue weighted by atomic mass is 10.2. The third kappa shape index (κ3) is 3.01. The van der Waals surface area contributed by atoms with Gasteiger partial charge in [0.2, 0.25) is 0 Å². The molecule has 0 amide bonds. The lowest BCUT2D eigenvalue weighted by Gasteiger charge is -2.04. The zero-order valence-corrected chi connectivity index (χ0v) is 11.8. The van der Waals surface area contributed by atoms with Crippen LogP contribution >= 0.6 is 34.8 Å². The third-order valence-electron chi connectivity index (χ3n) is 2.54. The van der Waals surface area contributed by atoms with Crippen molar-refractivity contribution in [3.05, 3.63) is 45.1 Å². The molecule has 0 saturated heterocycles. The van der Waals surface area contributed by atoms with Gasteiger partial charge in [-0.2, -0.15) is 0 Å². The number of hydrogen-bond donors (Lipinski definition) is 1. The Morgan fingerprint density at radius 3 is 2.33 bits per heavy atom. The Hall–Kier alpha value is -0.670. The highest BCUT2D eigenvalue weighted by atomic mass is 35.5. The number of benzene rings is 1. The van der Waals surface area contributed by atoms with Gasteiger partial charge in [0, 0.05) is 11.4 Å². The predicted octanol–water partition coefficient (Wildman–Crippen LogP) is 4.80. The van der Waals surface area contributed by atoms with E-state index in [1.165, 1.54) is 0 Å². The molecule has 0 radical (unpaired) electrons. The summed E-state index contributed by atoms with van der Waals surface area (Å²) in [6.07, 6.45) is 1.69. The Labute approximate surface area is 121 Å². The van der Waals surface area contributed by atoms with Gasteiger partial charge < -0.3 is 10.2 Å². The molecule has 0 spiro atoms. The second-order valence-electron chi connectivity index (χ2n) is 3.90. The van der Waals surface area contributed by atoms with Crippen LogP contribution in [0.1, 0.15) is 12.2 Å². The fraction of sp³-hybridized carbons (Fsp3) is 0.231.